The largest absolute Gasteiger partial charge is 0.497 e. The second-order valence-corrected chi connectivity index (χ2v) is 5.20. The van der Waals surface area contributed by atoms with E-state index in [1.165, 1.54) is 0 Å². The van der Waals surface area contributed by atoms with Crippen molar-refractivity contribution in [3.63, 3.8) is 0 Å². The standard InChI is InChI=1S/C16H17N3O3/c1-9(2)22-16(20)19-15-14-12(6-7-17-15)11-5-4-10(21-3)8-13(11)18-14/h4-9,18H,1-3H3,(H,17,19,20). The minimum atomic E-state index is -0.522. The summed E-state index contributed by atoms with van der Waals surface area (Å²) < 4.78 is 10.3. The zero-order valence-corrected chi connectivity index (χ0v) is 12.6. The average Bonchev–Trinajstić information content (AvgIpc) is 2.85. The SMILES string of the molecule is COc1ccc2c(c1)[nH]c1c(NC(=O)OC(C)C)nccc12. The highest BCUT2D eigenvalue weighted by atomic mass is 16.6. The number of benzene rings is 1. The lowest BCUT2D eigenvalue weighted by Gasteiger charge is -2.09. The third-order valence-electron chi connectivity index (χ3n) is 3.29. The summed E-state index contributed by atoms with van der Waals surface area (Å²) in [6.07, 6.45) is 0.947. The van der Waals surface area contributed by atoms with Crippen LogP contribution in [0.3, 0.4) is 0 Å². The molecule has 0 radical (unpaired) electrons. The second kappa shape index (κ2) is 5.55. The molecule has 114 valence electrons. The smallest absolute Gasteiger partial charge is 0.413 e. The van der Waals surface area contributed by atoms with Gasteiger partial charge in [0.2, 0.25) is 0 Å². The molecule has 0 atom stereocenters. The second-order valence-electron chi connectivity index (χ2n) is 5.20. The van der Waals surface area contributed by atoms with Crippen molar-refractivity contribution >= 4 is 33.7 Å². The number of ether oxygens (including phenoxy) is 2. The molecule has 2 aromatic heterocycles. The van der Waals surface area contributed by atoms with Crippen molar-refractivity contribution in [3.05, 3.63) is 30.5 Å². The van der Waals surface area contributed by atoms with Gasteiger partial charge in [-0.15, -0.1) is 0 Å². The van der Waals surface area contributed by atoms with Gasteiger partial charge in [0, 0.05) is 23.0 Å². The number of amides is 1. The molecule has 0 saturated heterocycles. The Morgan fingerprint density at radius 1 is 1.27 bits per heavy atom. The molecule has 1 amide bonds. The van der Waals surface area contributed by atoms with Crippen LogP contribution in [-0.2, 0) is 4.74 Å². The number of carbonyl (C=O) groups excluding carboxylic acids is 1. The van der Waals surface area contributed by atoms with Gasteiger partial charge < -0.3 is 14.5 Å². The van der Waals surface area contributed by atoms with Gasteiger partial charge in [0.25, 0.3) is 0 Å². The van der Waals surface area contributed by atoms with Crippen LogP contribution in [0.25, 0.3) is 21.8 Å². The molecule has 22 heavy (non-hydrogen) atoms. The number of anilines is 1. The number of aromatic nitrogens is 2. The van der Waals surface area contributed by atoms with E-state index < -0.39 is 6.09 Å². The van der Waals surface area contributed by atoms with Crippen LogP contribution in [-0.4, -0.2) is 29.3 Å². The van der Waals surface area contributed by atoms with E-state index >= 15 is 0 Å². The quantitative estimate of drug-likeness (QED) is 0.773. The number of aromatic amines is 1. The first-order valence-electron chi connectivity index (χ1n) is 7.00. The Morgan fingerprint density at radius 2 is 2.09 bits per heavy atom. The highest BCUT2D eigenvalue weighted by molar-refractivity contribution is 6.11. The lowest BCUT2D eigenvalue weighted by Crippen LogP contribution is -2.18. The van der Waals surface area contributed by atoms with Gasteiger partial charge in [-0.1, -0.05) is 0 Å². The summed E-state index contributed by atoms with van der Waals surface area (Å²) in [7, 11) is 1.63. The summed E-state index contributed by atoms with van der Waals surface area (Å²) in [6.45, 7) is 3.59. The van der Waals surface area contributed by atoms with E-state index in [4.69, 9.17) is 9.47 Å². The number of carbonyl (C=O) groups is 1. The summed E-state index contributed by atoms with van der Waals surface area (Å²) in [5, 5.41) is 4.69. The maximum absolute atomic E-state index is 11.8. The molecule has 2 heterocycles. The van der Waals surface area contributed by atoms with Crippen molar-refractivity contribution in [2.45, 2.75) is 20.0 Å². The van der Waals surface area contributed by atoms with Crippen LogP contribution >= 0.6 is 0 Å². The van der Waals surface area contributed by atoms with E-state index in [0.717, 1.165) is 27.6 Å². The van der Waals surface area contributed by atoms with E-state index in [2.05, 4.69) is 15.3 Å². The number of hydrogen-bond acceptors (Lipinski definition) is 4. The van der Waals surface area contributed by atoms with Crippen molar-refractivity contribution in [2.75, 3.05) is 12.4 Å². The molecule has 0 aliphatic carbocycles. The number of nitrogens with one attached hydrogen (secondary N) is 2. The summed E-state index contributed by atoms with van der Waals surface area (Å²) in [5.41, 5.74) is 1.68. The molecule has 0 fully saturated rings. The van der Waals surface area contributed by atoms with Crippen LogP contribution in [0, 0.1) is 0 Å². The fourth-order valence-electron chi connectivity index (χ4n) is 2.37. The van der Waals surface area contributed by atoms with E-state index in [1.807, 2.05) is 24.3 Å². The Labute approximate surface area is 127 Å². The first-order valence-corrected chi connectivity index (χ1v) is 7.00. The van der Waals surface area contributed by atoms with Crippen molar-refractivity contribution < 1.29 is 14.3 Å². The van der Waals surface area contributed by atoms with Gasteiger partial charge >= 0.3 is 6.09 Å². The van der Waals surface area contributed by atoms with Crippen LogP contribution in [0.4, 0.5) is 10.6 Å². The predicted molar refractivity (Wildman–Crippen MR) is 85.4 cm³/mol. The molecule has 0 unspecified atom stereocenters. The molecule has 0 bridgehead atoms. The molecular formula is C16H17N3O3. The van der Waals surface area contributed by atoms with Gasteiger partial charge in [-0.2, -0.15) is 0 Å². The van der Waals surface area contributed by atoms with Gasteiger partial charge in [-0.3, -0.25) is 5.32 Å². The molecule has 3 aromatic rings. The lowest BCUT2D eigenvalue weighted by atomic mass is 10.2. The van der Waals surface area contributed by atoms with Gasteiger partial charge in [0.1, 0.15) is 5.75 Å². The zero-order chi connectivity index (χ0) is 15.7. The molecular weight excluding hydrogens is 282 g/mol. The predicted octanol–water partition coefficient (Wildman–Crippen LogP) is 3.68. The fraction of sp³-hybridized carbons (Fsp3) is 0.250. The van der Waals surface area contributed by atoms with Crippen LogP contribution in [0.1, 0.15) is 13.8 Å². The number of pyridine rings is 1. The van der Waals surface area contributed by atoms with Gasteiger partial charge in [-0.05, 0) is 32.0 Å². The molecule has 3 rings (SSSR count). The Bertz CT molecular complexity index is 839. The normalized spacial score (nSPS) is 11.1. The molecule has 0 aliphatic heterocycles. The summed E-state index contributed by atoms with van der Waals surface area (Å²) >= 11 is 0. The van der Waals surface area contributed by atoms with Crippen LogP contribution < -0.4 is 10.1 Å². The van der Waals surface area contributed by atoms with Gasteiger partial charge in [0.05, 0.1) is 24.2 Å². The summed E-state index contributed by atoms with van der Waals surface area (Å²) in [6, 6.07) is 7.69. The third kappa shape index (κ3) is 2.55. The first-order chi connectivity index (χ1) is 10.6. The van der Waals surface area contributed by atoms with Crippen LogP contribution in [0.15, 0.2) is 30.5 Å². The molecule has 6 heteroatoms. The Morgan fingerprint density at radius 3 is 2.82 bits per heavy atom. The molecule has 2 N–H and O–H groups in total. The Kier molecular flexibility index (Phi) is 3.58. The lowest BCUT2D eigenvalue weighted by molar-refractivity contribution is 0.130. The van der Waals surface area contributed by atoms with E-state index in [-0.39, 0.29) is 6.10 Å². The van der Waals surface area contributed by atoms with Crippen LogP contribution in [0.5, 0.6) is 5.75 Å². The number of hydrogen-bond donors (Lipinski definition) is 2. The van der Waals surface area contributed by atoms with Crippen molar-refractivity contribution in [1.29, 1.82) is 0 Å². The molecule has 0 aliphatic rings. The Balaban J connectivity index is 2.06. The van der Waals surface area contributed by atoms with Crippen LogP contribution in [0.2, 0.25) is 0 Å². The Hall–Kier alpha value is -2.76. The van der Waals surface area contributed by atoms with Crippen molar-refractivity contribution in [1.82, 2.24) is 9.97 Å². The number of methoxy groups -OCH3 is 1. The average molecular weight is 299 g/mol. The van der Waals surface area contributed by atoms with E-state index in [1.54, 1.807) is 27.2 Å². The minimum Gasteiger partial charge on any atom is -0.497 e. The monoisotopic (exact) mass is 299 g/mol. The molecule has 6 nitrogen and oxygen atoms in total. The minimum absolute atomic E-state index is 0.189. The molecule has 0 saturated carbocycles. The number of nitrogens with zero attached hydrogens (tertiary/aromatic N) is 1. The third-order valence-corrected chi connectivity index (χ3v) is 3.29. The topological polar surface area (TPSA) is 76.2 Å². The van der Waals surface area contributed by atoms with Gasteiger partial charge in [0.15, 0.2) is 5.82 Å². The maximum Gasteiger partial charge on any atom is 0.413 e. The number of H-pyrrole nitrogens is 1. The van der Waals surface area contributed by atoms with Crippen molar-refractivity contribution in [3.8, 4) is 5.75 Å². The number of fused-ring (bicyclic) bond motifs is 3. The van der Waals surface area contributed by atoms with Gasteiger partial charge in [-0.25, -0.2) is 9.78 Å². The molecule has 1 aromatic carbocycles. The highest BCUT2D eigenvalue weighted by Gasteiger charge is 2.13. The van der Waals surface area contributed by atoms with Crippen molar-refractivity contribution in [2.24, 2.45) is 0 Å². The first kappa shape index (κ1) is 14.2. The fourth-order valence-corrected chi connectivity index (χ4v) is 2.37. The zero-order valence-electron chi connectivity index (χ0n) is 12.6. The molecule has 0 spiro atoms. The summed E-state index contributed by atoms with van der Waals surface area (Å²) in [5.74, 6) is 1.21. The summed E-state index contributed by atoms with van der Waals surface area (Å²) in [4.78, 5) is 19.3. The van der Waals surface area contributed by atoms with E-state index in [9.17, 15) is 4.79 Å². The highest BCUT2D eigenvalue weighted by Crippen LogP contribution is 2.31. The number of rotatable bonds is 3. The maximum atomic E-state index is 11.8. The van der Waals surface area contributed by atoms with E-state index in [0.29, 0.717) is 5.82 Å².